The van der Waals surface area contributed by atoms with E-state index in [9.17, 15) is 18.4 Å². The quantitative estimate of drug-likeness (QED) is 0.943. The summed E-state index contributed by atoms with van der Waals surface area (Å²) >= 11 is 0. The Morgan fingerprint density at radius 1 is 1.26 bits per heavy atom. The molecular formula is C16H14F2N2O3. The fraction of sp³-hybridized carbons (Fsp3) is 0.250. The van der Waals surface area contributed by atoms with Crippen LogP contribution in [0.4, 0.5) is 8.78 Å². The van der Waals surface area contributed by atoms with Crippen LogP contribution in [0.25, 0.3) is 0 Å². The van der Waals surface area contributed by atoms with E-state index in [1.807, 2.05) is 0 Å². The number of hydrogen-bond donors (Lipinski definition) is 1. The summed E-state index contributed by atoms with van der Waals surface area (Å²) < 4.78 is 29.3. The Labute approximate surface area is 130 Å². The summed E-state index contributed by atoms with van der Waals surface area (Å²) in [4.78, 5) is 28.0. The van der Waals surface area contributed by atoms with Gasteiger partial charge in [-0.25, -0.2) is 0 Å². The molecule has 2 heterocycles. The van der Waals surface area contributed by atoms with Crippen molar-refractivity contribution < 1.29 is 18.3 Å². The highest BCUT2D eigenvalue weighted by atomic mass is 19.3. The minimum absolute atomic E-state index is 0.0978. The highest BCUT2D eigenvalue weighted by Crippen LogP contribution is 2.25. The Kier molecular flexibility index (Phi) is 4.10. The van der Waals surface area contributed by atoms with Crippen LogP contribution in [-0.4, -0.2) is 28.9 Å². The molecule has 120 valence electrons. The highest BCUT2D eigenvalue weighted by molar-refractivity contribution is 5.97. The van der Waals surface area contributed by atoms with Crippen molar-refractivity contribution in [3.63, 3.8) is 0 Å². The lowest BCUT2D eigenvalue weighted by Crippen LogP contribution is -2.36. The predicted octanol–water partition coefficient (Wildman–Crippen LogP) is 2.17. The lowest BCUT2D eigenvalue weighted by Gasteiger charge is -2.29. The minimum Gasteiger partial charge on any atom is -0.434 e. The number of H-pyrrole nitrogens is 1. The van der Waals surface area contributed by atoms with Crippen LogP contribution < -0.4 is 10.3 Å². The molecule has 2 aromatic rings. The van der Waals surface area contributed by atoms with Gasteiger partial charge in [0.25, 0.3) is 5.91 Å². The number of ether oxygens (including phenoxy) is 1. The Morgan fingerprint density at radius 3 is 2.83 bits per heavy atom. The number of nitrogens with one attached hydrogen (secondary N) is 1. The van der Waals surface area contributed by atoms with E-state index in [0.717, 1.165) is 11.1 Å². The van der Waals surface area contributed by atoms with E-state index >= 15 is 0 Å². The van der Waals surface area contributed by atoms with E-state index in [1.54, 1.807) is 17.2 Å². The normalized spacial score (nSPS) is 13.8. The molecule has 0 spiro atoms. The van der Waals surface area contributed by atoms with Gasteiger partial charge < -0.3 is 14.6 Å². The van der Waals surface area contributed by atoms with Gasteiger partial charge in [0.05, 0.1) is 5.56 Å². The highest BCUT2D eigenvalue weighted by Gasteiger charge is 2.25. The number of alkyl halides is 2. The summed E-state index contributed by atoms with van der Waals surface area (Å²) in [5.41, 5.74) is 1.66. The van der Waals surface area contributed by atoms with Gasteiger partial charge in [-0.3, -0.25) is 9.59 Å². The second kappa shape index (κ2) is 6.20. The van der Waals surface area contributed by atoms with E-state index in [2.05, 4.69) is 9.72 Å². The van der Waals surface area contributed by atoms with Crippen LogP contribution in [0.1, 0.15) is 21.5 Å². The number of benzene rings is 1. The van der Waals surface area contributed by atoms with E-state index in [0.29, 0.717) is 19.5 Å². The third-order valence-corrected chi connectivity index (χ3v) is 3.74. The average molecular weight is 320 g/mol. The monoisotopic (exact) mass is 320 g/mol. The molecule has 0 aliphatic carbocycles. The summed E-state index contributed by atoms with van der Waals surface area (Å²) in [6, 6.07) is 7.45. The molecular weight excluding hydrogens is 306 g/mol. The molecule has 0 bridgehead atoms. The molecule has 0 fully saturated rings. The Bertz CT molecular complexity index is 789. The average Bonchev–Trinajstić information content (AvgIpc) is 2.53. The molecule has 1 aromatic carbocycles. The van der Waals surface area contributed by atoms with Crippen molar-refractivity contribution in [3.8, 4) is 5.75 Å². The molecule has 0 atom stereocenters. The SMILES string of the molecule is O=C(c1ccccc1OC(F)F)N1CCc2cc(=O)[nH]cc2C1. The van der Waals surface area contributed by atoms with Gasteiger partial charge >= 0.3 is 6.61 Å². The van der Waals surface area contributed by atoms with Crippen LogP contribution in [-0.2, 0) is 13.0 Å². The molecule has 23 heavy (non-hydrogen) atoms. The number of halogens is 2. The van der Waals surface area contributed by atoms with Gasteiger partial charge in [-0.15, -0.1) is 0 Å². The molecule has 1 aliphatic heterocycles. The molecule has 0 saturated heterocycles. The predicted molar refractivity (Wildman–Crippen MR) is 78.6 cm³/mol. The summed E-state index contributed by atoms with van der Waals surface area (Å²) in [6.45, 7) is -2.26. The number of amides is 1. The van der Waals surface area contributed by atoms with Crippen molar-refractivity contribution in [3.05, 3.63) is 63.6 Å². The number of carbonyl (C=O) groups excluding carboxylic acids is 1. The number of aromatic amines is 1. The summed E-state index contributed by atoms with van der Waals surface area (Å²) in [5.74, 6) is -0.516. The van der Waals surface area contributed by atoms with Crippen LogP contribution in [0.2, 0.25) is 0 Å². The van der Waals surface area contributed by atoms with Gasteiger partial charge in [0.15, 0.2) is 0 Å². The number of pyridine rings is 1. The van der Waals surface area contributed by atoms with E-state index < -0.39 is 6.61 Å². The number of hydrogen-bond acceptors (Lipinski definition) is 3. The molecule has 0 saturated carbocycles. The fourth-order valence-electron chi connectivity index (χ4n) is 2.65. The zero-order valence-corrected chi connectivity index (χ0v) is 12.1. The summed E-state index contributed by atoms with van der Waals surface area (Å²) in [5, 5.41) is 0. The zero-order chi connectivity index (χ0) is 16.4. The molecule has 3 rings (SSSR count). The second-order valence-electron chi connectivity index (χ2n) is 5.20. The first kappa shape index (κ1) is 15.2. The Balaban J connectivity index is 1.85. The first-order valence-electron chi connectivity index (χ1n) is 7.08. The van der Waals surface area contributed by atoms with Crippen molar-refractivity contribution >= 4 is 5.91 Å². The van der Waals surface area contributed by atoms with Gasteiger partial charge in [-0.05, 0) is 29.7 Å². The Morgan fingerprint density at radius 2 is 2.04 bits per heavy atom. The largest absolute Gasteiger partial charge is 0.434 e. The van der Waals surface area contributed by atoms with Gasteiger partial charge in [0, 0.05) is 25.4 Å². The molecule has 5 nitrogen and oxygen atoms in total. The Hall–Kier alpha value is -2.70. The van der Waals surface area contributed by atoms with Crippen molar-refractivity contribution in [2.45, 2.75) is 19.6 Å². The van der Waals surface area contributed by atoms with Gasteiger partial charge in [0.2, 0.25) is 5.56 Å². The van der Waals surface area contributed by atoms with Crippen LogP contribution >= 0.6 is 0 Å². The van der Waals surface area contributed by atoms with E-state index in [1.165, 1.54) is 24.3 Å². The van der Waals surface area contributed by atoms with Gasteiger partial charge in [0.1, 0.15) is 5.75 Å². The van der Waals surface area contributed by atoms with Crippen LogP contribution in [0.15, 0.2) is 41.3 Å². The zero-order valence-electron chi connectivity index (χ0n) is 12.1. The molecule has 0 radical (unpaired) electrons. The molecule has 1 amide bonds. The first-order valence-corrected chi connectivity index (χ1v) is 7.08. The molecule has 1 aliphatic rings. The van der Waals surface area contributed by atoms with Crippen LogP contribution in [0, 0.1) is 0 Å². The number of fused-ring (bicyclic) bond motifs is 1. The van der Waals surface area contributed by atoms with E-state index in [-0.39, 0.29) is 22.8 Å². The van der Waals surface area contributed by atoms with Crippen molar-refractivity contribution in [1.29, 1.82) is 0 Å². The number of para-hydroxylation sites is 1. The number of rotatable bonds is 3. The molecule has 0 unspecified atom stereocenters. The second-order valence-corrected chi connectivity index (χ2v) is 5.20. The molecule has 1 N–H and O–H groups in total. The smallest absolute Gasteiger partial charge is 0.387 e. The minimum atomic E-state index is -2.99. The van der Waals surface area contributed by atoms with Crippen molar-refractivity contribution in [2.24, 2.45) is 0 Å². The number of nitrogens with zero attached hydrogens (tertiary/aromatic N) is 1. The standard InChI is InChI=1S/C16H14F2N2O3/c17-16(18)23-13-4-2-1-3-12(13)15(22)20-6-5-10-7-14(21)19-8-11(10)9-20/h1-4,7-8,16H,5-6,9H2,(H,19,21). The first-order chi connectivity index (χ1) is 11.0. The van der Waals surface area contributed by atoms with Crippen molar-refractivity contribution in [2.75, 3.05) is 6.54 Å². The van der Waals surface area contributed by atoms with Crippen LogP contribution in [0.5, 0.6) is 5.75 Å². The van der Waals surface area contributed by atoms with Gasteiger partial charge in [-0.1, -0.05) is 12.1 Å². The van der Waals surface area contributed by atoms with Gasteiger partial charge in [-0.2, -0.15) is 8.78 Å². The number of aromatic nitrogens is 1. The molecule has 1 aromatic heterocycles. The maximum atomic E-state index is 12.6. The third kappa shape index (κ3) is 3.23. The van der Waals surface area contributed by atoms with E-state index in [4.69, 9.17) is 0 Å². The summed E-state index contributed by atoms with van der Waals surface area (Å²) in [6.07, 6.45) is 2.13. The lowest BCUT2D eigenvalue weighted by atomic mass is 10.0. The molecule has 7 heteroatoms. The topological polar surface area (TPSA) is 62.4 Å². The summed E-state index contributed by atoms with van der Waals surface area (Å²) in [7, 11) is 0. The number of carbonyl (C=O) groups is 1. The van der Waals surface area contributed by atoms with Crippen molar-refractivity contribution in [1.82, 2.24) is 9.88 Å². The fourth-order valence-corrected chi connectivity index (χ4v) is 2.65. The third-order valence-electron chi connectivity index (χ3n) is 3.74. The maximum Gasteiger partial charge on any atom is 0.387 e. The lowest BCUT2D eigenvalue weighted by molar-refractivity contribution is -0.0503. The van der Waals surface area contributed by atoms with Crippen LogP contribution in [0.3, 0.4) is 0 Å². The maximum absolute atomic E-state index is 12.6.